The van der Waals surface area contributed by atoms with Gasteiger partial charge in [-0.25, -0.2) is 13.4 Å². The van der Waals surface area contributed by atoms with E-state index in [-0.39, 0.29) is 11.4 Å². The summed E-state index contributed by atoms with van der Waals surface area (Å²) in [7, 11) is -2.04. The highest BCUT2D eigenvalue weighted by Gasteiger charge is 2.22. The second kappa shape index (κ2) is 5.40. The van der Waals surface area contributed by atoms with Gasteiger partial charge in [0.2, 0.25) is 10.0 Å². The number of aromatic nitrogens is 3. The van der Waals surface area contributed by atoms with Crippen LogP contribution in [-0.4, -0.2) is 35.0 Å². The van der Waals surface area contributed by atoms with Gasteiger partial charge in [-0.1, -0.05) is 22.0 Å². The Kier molecular flexibility index (Phi) is 4.02. The third-order valence-corrected chi connectivity index (χ3v) is 4.80. The number of nitrogens with one attached hydrogen (secondary N) is 1. The topological polar surface area (TPSA) is 79.0 Å². The van der Waals surface area contributed by atoms with Crippen molar-refractivity contribution in [2.75, 3.05) is 7.05 Å². The summed E-state index contributed by atoms with van der Waals surface area (Å²) in [5.41, 5.74) is 0. The summed E-state index contributed by atoms with van der Waals surface area (Å²) in [6.07, 6.45) is 0. The second-order valence-electron chi connectivity index (χ2n) is 4.06. The predicted octanol–water partition coefficient (Wildman–Crippen LogP) is 1.70. The Hall–Kier alpha value is -1.25. The Morgan fingerprint density at radius 3 is 2.74 bits per heavy atom. The number of benzene rings is 1. The third kappa shape index (κ3) is 3.20. The van der Waals surface area contributed by atoms with E-state index in [2.05, 4.69) is 31.1 Å². The maximum atomic E-state index is 12.3. The Morgan fingerprint density at radius 2 is 2.16 bits per heavy atom. The van der Waals surface area contributed by atoms with Crippen LogP contribution in [0.5, 0.6) is 0 Å². The molecule has 0 aliphatic rings. The van der Waals surface area contributed by atoms with Gasteiger partial charge in [0, 0.05) is 11.5 Å². The molecule has 0 aliphatic carbocycles. The molecular weight excluding hydrogens is 332 g/mol. The molecular formula is C11H13BrN4O2S. The molecule has 0 atom stereocenters. The fraction of sp³-hybridized carbons (Fsp3) is 0.273. The van der Waals surface area contributed by atoms with Crippen molar-refractivity contribution in [3.8, 4) is 0 Å². The predicted molar refractivity (Wildman–Crippen MR) is 73.9 cm³/mol. The molecule has 0 saturated heterocycles. The number of aromatic amines is 1. The molecule has 0 fully saturated rings. The van der Waals surface area contributed by atoms with Crippen molar-refractivity contribution in [2.24, 2.45) is 0 Å². The van der Waals surface area contributed by atoms with Crippen LogP contribution in [0.3, 0.4) is 0 Å². The summed E-state index contributed by atoms with van der Waals surface area (Å²) < 4.78 is 26.6. The van der Waals surface area contributed by atoms with Crippen LogP contribution in [-0.2, 0) is 16.6 Å². The normalized spacial score (nSPS) is 12.0. The number of sulfonamides is 1. The van der Waals surface area contributed by atoms with Gasteiger partial charge in [-0.2, -0.15) is 9.40 Å². The SMILES string of the molecule is Cc1nc(CN(C)S(=O)(=O)c2cccc(Br)c2)n[nH]1. The number of H-pyrrole nitrogens is 1. The molecule has 0 bridgehead atoms. The quantitative estimate of drug-likeness (QED) is 0.915. The zero-order chi connectivity index (χ0) is 14.0. The molecule has 1 heterocycles. The number of nitrogens with zero attached hydrogens (tertiary/aromatic N) is 3. The van der Waals surface area contributed by atoms with Gasteiger partial charge in [-0.15, -0.1) is 0 Å². The molecule has 0 radical (unpaired) electrons. The van der Waals surface area contributed by atoms with Crippen molar-refractivity contribution in [1.29, 1.82) is 0 Å². The van der Waals surface area contributed by atoms with Gasteiger partial charge in [0.1, 0.15) is 5.82 Å². The largest absolute Gasteiger partial charge is 0.263 e. The van der Waals surface area contributed by atoms with Crippen LogP contribution in [0.25, 0.3) is 0 Å². The fourth-order valence-electron chi connectivity index (χ4n) is 1.55. The molecule has 6 nitrogen and oxygen atoms in total. The van der Waals surface area contributed by atoms with Crippen LogP contribution in [0.4, 0.5) is 0 Å². The van der Waals surface area contributed by atoms with Crippen LogP contribution < -0.4 is 0 Å². The molecule has 1 aromatic carbocycles. The summed E-state index contributed by atoms with van der Waals surface area (Å²) >= 11 is 3.26. The smallest absolute Gasteiger partial charge is 0.243 e. The van der Waals surface area contributed by atoms with Gasteiger partial charge >= 0.3 is 0 Å². The molecule has 102 valence electrons. The lowest BCUT2D eigenvalue weighted by Crippen LogP contribution is -2.27. The minimum Gasteiger partial charge on any atom is -0.263 e. The van der Waals surface area contributed by atoms with Crippen molar-refractivity contribution in [3.63, 3.8) is 0 Å². The first-order valence-electron chi connectivity index (χ1n) is 5.49. The van der Waals surface area contributed by atoms with Gasteiger partial charge < -0.3 is 0 Å². The van der Waals surface area contributed by atoms with E-state index >= 15 is 0 Å². The number of aryl methyl sites for hydroxylation is 1. The Bertz CT molecular complexity index is 684. The van der Waals surface area contributed by atoms with Crippen LogP contribution in [0.2, 0.25) is 0 Å². The van der Waals surface area contributed by atoms with Gasteiger partial charge in [0.25, 0.3) is 0 Å². The molecule has 2 rings (SSSR count). The first kappa shape index (κ1) is 14.2. The maximum absolute atomic E-state index is 12.3. The fourth-order valence-corrected chi connectivity index (χ4v) is 3.27. The molecule has 8 heteroatoms. The van der Waals surface area contributed by atoms with E-state index in [0.29, 0.717) is 11.6 Å². The van der Waals surface area contributed by atoms with E-state index in [9.17, 15) is 8.42 Å². The highest BCUT2D eigenvalue weighted by molar-refractivity contribution is 9.10. The Labute approximate surface area is 120 Å². The maximum Gasteiger partial charge on any atom is 0.243 e. The van der Waals surface area contributed by atoms with Gasteiger partial charge in [-0.05, 0) is 25.1 Å². The van der Waals surface area contributed by atoms with Gasteiger partial charge in [0.15, 0.2) is 5.82 Å². The molecule has 0 unspecified atom stereocenters. The summed E-state index contributed by atoms with van der Waals surface area (Å²) in [5.74, 6) is 1.10. The average Bonchev–Trinajstić information content (AvgIpc) is 2.74. The second-order valence-corrected chi connectivity index (χ2v) is 7.02. The van der Waals surface area contributed by atoms with Crippen molar-refractivity contribution >= 4 is 26.0 Å². The lowest BCUT2D eigenvalue weighted by molar-refractivity contribution is 0.457. The minimum atomic E-state index is -3.54. The molecule has 1 N–H and O–H groups in total. The number of halogens is 1. The Morgan fingerprint density at radius 1 is 1.42 bits per heavy atom. The summed E-state index contributed by atoms with van der Waals surface area (Å²) in [4.78, 5) is 4.33. The molecule has 2 aromatic rings. The lowest BCUT2D eigenvalue weighted by atomic mass is 10.4. The van der Waals surface area contributed by atoms with Crippen LogP contribution in [0, 0.1) is 6.92 Å². The zero-order valence-corrected chi connectivity index (χ0v) is 12.9. The standard InChI is InChI=1S/C11H13BrN4O2S/c1-8-13-11(15-14-8)7-16(2)19(17,18)10-5-3-4-9(12)6-10/h3-6H,7H2,1-2H3,(H,13,14,15). The summed E-state index contributed by atoms with van der Waals surface area (Å²) in [6, 6.07) is 6.58. The first-order chi connectivity index (χ1) is 8.89. The number of hydrogen-bond donors (Lipinski definition) is 1. The third-order valence-electron chi connectivity index (χ3n) is 2.51. The Balaban J connectivity index is 2.24. The lowest BCUT2D eigenvalue weighted by Gasteiger charge is -2.15. The van der Waals surface area contributed by atoms with Crippen LogP contribution in [0.1, 0.15) is 11.6 Å². The minimum absolute atomic E-state index is 0.124. The van der Waals surface area contributed by atoms with E-state index in [1.807, 2.05) is 0 Å². The van der Waals surface area contributed by atoms with E-state index in [4.69, 9.17) is 0 Å². The molecule has 0 amide bonds. The van der Waals surface area contributed by atoms with E-state index in [1.165, 1.54) is 11.4 Å². The van der Waals surface area contributed by atoms with Crippen LogP contribution in [0.15, 0.2) is 33.6 Å². The highest BCUT2D eigenvalue weighted by atomic mass is 79.9. The molecule has 0 spiro atoms. The number of rotatable bonds is 4. The highest BCUT2D eigenvalue weighted by Crippen LogP contribution is 2.19. The monoisotopic (exact) mass is 344 g/mol. The number of hydrogen-bond acceptors (Lipinski definition) is 4. The molecule has 0 saturated carbocycles. The molecule has 0 aliphatic heterocycles. The van der Waals surface area contributed by atoms with E-state index in [0.717, 1.165) is 4.47 Å². The zero-order valence-electron chi connectivity index (χ0n) is 10.5. The van der Waals surface area contributed by atoms with E-state index < -0.39 is 10.0 Å². The van der Waals surface area contributed by atoms with Crippen molar-refractivity contribution in [3.05, 3.63) is 40.4 Å². The summed E-state index contributed by atoms with van der Waals surface area (Å²) in [5, 5.41) is 6.61. The summed E-state index contributed by atoms with van der Waals surface area (Å²) in [6.45, 7) is 1.89. The molecule has 1 aromatic heterocycles. The van der Waals surface area contributed by atoms with Crippen molar-refractivity contribution < 1.29 is 8.42 Å². The van der Waals surface area contributed by atoms with E-state index in [1.54, 1.807) is 31.2 Å². The van der Waals surface area contributed by atoms with Gasteiger partial charge in [0.05, 0.1) is 11.4 Å². The van der Waals surface area contributed by atoms with Crippen molar-refractivity contribution in [1.82, 2.24) is 19.5 Å². The van der Waals surface area contributed by atoms with Gasteiger partial charge in [-0.3, -0.25) is 5.10 Å². The van der Waals surface area contributed by atoms with Crippen LogP contribution >= 0.6 is 15.9 Å². The van der Waals surface area contributed by atoms with Crippen molar-refractivity contribution in [2.45, 2.75) is 18.4 Å². The molecule has 19 heavy (non-hydrogen) atoms. The first-order valence-corrected chi connectivity index (χ1v) is 7.72. The average molecular weight is 345 g/mol.